The first-order valence-electron chi connectivity index (χ1n) is 47.9. The summed E-state index contributed by atoms with van der Waals surface area (Å²) in [5.41, 5.74) is 0. The molecule has 662 valence electrons. The molecule has 0 aromatic rings. The average molecular weight is 1600 g/mol. The van der Waals surface area contributed by atoms with Gasteiger partial charge in [-0.15, -0.1) is 13.2 Å². The van der Waals surface area contributed by atoms with Crippen LogP contribution >= 0.6 is 0 Å². The molecule has 0 aliphatic rings. The van der Waals surface area contributed by atoms with Gasteiger partial charge in [-0.2, -0.15) is 0 Å². The molecule has 0 aromatic heterocycles. The van der Waals surface area contributed by atoms with Crippen molar-refractivity contribution in [1.29, 1.82) is 0 Å². The van der Waals surface area contributed by atoms with Crippen molar-refractivity contribution >= 4 is 47.6 Å². The Kier molecular flexibility index (Phi) is 87.4. The Morgan fingerprint density at radius 1 is 0.248 bits per heavy atom. The van der Waals surface area contributed by atoms with Crippen LogP contribution in [0.25, 0.3) is 0 Å². The largest absolute Gasteiger partial charge is 0.466 e. The minimum atomic E-state index is -0.541. The summed E-state index contributed by atoms with van der Waals surface area (Å²) >= 11 is 0. The fourth-order valence-corrected chi connectivity index (χ4v) is 15.8. The molecule has 0 aliphatic carbocycles. The zero-order valence-corrected chi connectivity index (χ0v) is 74.5. The first-order chi connectivity index (χ1) is 55.3. The Balaban J connectivity index is 0. The molecule has 0 bridgehead atoms. The Morgan fingerprint density at radius 3 is 0.681 bits per heavy atom. The standard InChI is InChI=1S/C95H176N2O14.C2H4/c1-7-12-16-20-32-46-62-85(87(64-48-34-22-18-14-9-3)68-52-38-26-30-42-56-72-92(102)107-78-60-44-58-74-94(104)110-81-80-106-84(6)98)66-50-36-24-28-40-54-70-89(99)96-76-77-97-90(100)71-55-41-29-25-37-51-67-86(63-47-33-21-17-13-8-2)88(65-49-35-23-19-15-10-4)69-53-39-27-31-43-57-73-93(103)108-79-61-45-59-75-95(105)111-83-82-109-91(101)11-5;1-2/h11,85-88H,5,7-10,12-83H2,1-4,6H3,(H,96,99)(H,97,100);1-2H2. The van der Waals surface area contributed by atoms with Crippen molar-refractivity contribution in [3.05, 3.63) is 25.8 Å². The summed E-state index contributed by atoms with van der Waals surface area (Å²) in [7, 11) is 0. The lowest BCUT2D eigenvalue weighted by molar-refractivity contribution is -0.151. The van der Waals surface area contributed by atoms with Gasteiger partial charge in [0.05, 0.1) is 13.2 Å². The second-order valence-electron chi connectivity index (χ2n) is 32.8. The van der Waals surface area contributed by atoms with Crippen LogP contribution in [-0.4, -0.2) is 100 Å². The summed E-state index contributed by atoms with van der Waals surface area (Å²) in [6.07, 6.45) is 79.4. The summed E-state index contributed by atoms with van der Waals surface area (Å²) in [6.45, 7) is 21.8. The molecule has 16 heteroatoms. The van der Waals surface area contributed by atoms with E-state index in [1.807, 2.05) is 0 Å². The number of amides is 2. The second-order valence-corrected chi connectivity index (χ2v) is 32.8. The fraction of sp³-hybridized carbons (Fsp3) is 0.876. The van der Waals surface area contributed by atoms with Crippen molar-refractivity contribution in [2.24, 2.45) is 23.7 Å². The summed E-state index contributed by atoms with van der Waals surface area (Å²) in [5.74, 6) is 1.67. The zero-order valence-electron chi connectivity index (χ0n) is 74.5. The lowest BCUT2D eigenvalue weighted by Crippen LogP contribution is -2.34. The van der Waals surface area contributed by atoms with Crippen LogP contribution in [0.4, 0.5) is 0 Å². The highest BCUT2D eigenvalue weighted by atomic mass is 16.6. The maximum Gasteiger partial charge on any atom is 0.330 e. The maximum absolute atomic E-state index is 12.8. The molecule has 0 aliphatic heterocycles. The fourth-order valence-electron chi connectivity index (χ4n) is 15.8. The highest BCUT2D eigenvalue weighted by Gasteiger charge is 2.23. The van der Waals surface area contributed by atoms with E-state index < -0.39 is 11.9 Å². The van der Waals surface area contributed by atoms with E-state index in [4.69, 9.17) is 28.4 Å². The molecule has 0 aromatic carbocycles. The van der Waals surface area contributed by atoms with Crippen LogP contribution in [0.2, 0.25) is 0 Å². The van der Waals surface area contributed by atoms with Gasteiger partial charge >= 0.3 is 35.8 Å². The van der Waals surface area contributed by atoms with Crippen molar-refractivity contribution in [3.8, 4) is 0 Å². The minimum absolute atomic E-state index is 0.0151. The molecule has 2 amide bonds. The van der Waals surface area contributed by atoms with Crippen LogP contribution in [0.15, 0.2) is 25.8 Å². The molecule has 2 N–H and O–H groups in total. The molecule has 4 unspecified atom stereocenters. The van der Waals surface area contributed by atoms with Crippen molar-refractivity contribution < 1.29 is 66.8 Å². The number of hydrogen-bond acceptors (Lipinski definition) is 14. The Labute approximate surface area is 694 Å². The van der Waals surface area contributed by atoms with E-state index in [0.29, 0.717) is 71.2 Å². The molecule has 113 heavy (non-hydrogen) atoms. The molecule has 0 heterocycles. The predicted octanol–water partition coefficient (Wildman–Crippen LogP) is 26.6. The van der Waals surface area contributed by atoms with Crippen LogP contribution in [-0.2, 0) is 66.8 Å². The van der Waals surface area contributed by atoms with E-state index in [0.717, 1.165) is 113 Å². The van der Waals surface area contributed by atoms with E-state index >= 15 is 0 Å². The van der Waals surface area contributed by atoms with Crippen molar-refractivity contribution in [2.75, 3.05) is 52.7 Å². The highest BCUT2D eigenvalue weighted by Crippen LogP contribution is 2.36. The van der Waals surface area contributed by atoms with Crippen molar-refractivity contribution in [3.63, 3.8) is 0 Å². The molecule has 0 saturated heterocycles. The molecular weight excluding hydrogens is 1420 g/mol. The molecule has 16 nitrogen and oxygen atoms in total. The Morgan fingerprint density at radius 2 is 0.442 bits per heavy atom. The average Bonchev–Trinajstić information content (AvgIpc) is 0.920. The van der Waals surface area contributed by atoms with Crippen LogP contribution in [0, 0.1) is 23.7 Å². The number of rotatable bonds is 88. The number of carbonyl (C=O) groups is 8. The monoisotopic (exact) mass is 1600 g/mol. The molecular formula is C97H180N2O14. The molecule has 0 spiro atoms. The topological polar surface area (TPSA) is 216 Å². The van der Waals surface area contributed by atoms with E-state index in [-0.39, 0.29) is 68.5 Å². The van der Waals surface area contributed by atoms with Gasteiger partial charge in [-0.05, 0) is 87.9 Å². The van der Waals surface area contributed by atoms with E-state index in [1.54, 1.807) is 0 Å². The van der Waals surface area contributed by atoms with Crippen molar-refractivity contribution in [1.82, 2.24) is 10.6 Å². The van der Waals surface area contributed by atoms with Gasteiger partial charge in [0.2, 0.25) is 11.8 Å². The number of hydrogen-bond donors (Lipinski definition) is 2. The number of unbranched alkanes of at least 4 members (excludes halogenated alkanes) is 44. The third-order valence-electron chi connectivity index (χ3n) is 22.7. The number of ether oxygens (including phenoxy) is 6. The molecule has 0 radical (unpaired) electrons. The molecule has 0 saturated carbocycles. The van der Waals surface area contributed by atoms with Gasteiger partial charge in [0.25, 0.3) is 0 Å². The highest BCUT2D eigenvalue weighted by molar-refractivity contribution is 5.81. The van der Waals surface area contributed by atoms with Gasteiger partial charge in [-0.3, -0.25) is 33.6 Å². The van der Waals surface area contributed by atoms with Gasteiger partial charge in [-0.25, -0.2) is 4.79 Å². The van der Waals surface area contributed by atoms with Crippen LogP contribution in [0.1, 0.15) is 471 Å². The normalized spacial score (nSPS) is 12.2. The van der Waals surface area contributed by atoms with Gasteiger partial charge < -0.3 is 39.1 Å². The molecule has 0 rings (SSSR count). The van der Waals surface area contributed by atoms with Gasteiger partial charge in [0.1, 0.15) is 26.4 Å². The van der Waals surface area contributed by atoms with Crippen LogP contribution in [0.5, 0.6) is 0 Å². The summed E-state index contributed by atoms with van der Waals surface area (Å²) in [4.78, 5) is 96.0. The van der Waals surface area contributed by atoms with E-state index in [1.165, 1.54) is 309 Å². The van der Waals surface area contributed by atoms with Crippen molar-refractivity contribution in [2.45, 2.75) is 471 Å². The summed E-state index contributed by atoms with van der Waals surface area (Å²) in [5, 5.41) is 6.12. The first kappa shape index (κ1) is 110. The Bertz CT molecular complexity index is 2160. The second kappa shape index (κ2) is 89.6. The van der Waals surface area contributed by atoms with Gasteiger partial charge in [0, 0.05) is 64.6 Å². The number of nitrogens with one attached hydrogen (secondary N) is 2. The number of esters is 6. The van der Waals surface area contributed by atoms with Crippen LogP contribution < -0.4 is 10.6 Å². The smallest absolute Gasteiger partial charge is 0.330 e. The minimum Gasteiger partial charge on any atom is -0.466 e. The summed E-state index contributed by atoms with van der Waals surface area (Å²) < 4.78 is 30.7. The third kappa shape index (κ3) is 82.2. The Hall–Kier alpha value is -4.76. The molecule has 0 fully saturated rings. The summed E-state index contributed by atoms with van der Waals surface area (Å²) in [6, 6.07) is 0. The predicted molar refractivity (Wildman–Crippen MR) is 470 cm³/mol. The van der Waals surface area contributed by atoms with Crippen LogP contribution in [0.3, 0.4) is 0 Å². The first-order valence-corrected chi connectivity index (χ1v) is 47.9. The quantitative estimate of drug-likeness (QED) is 0.0190. The zero-order chi connectivity index (χ0) is 83.0. The lowest BCUT2D eigenvalue weighted by atomic mass is 9.78. The number of carbonyl (C=O) groups excluding carboxylic acids is 8. The SMILES string of the molecule is C=C.C=CC(=O)OCCOC(=O)CCCCCOC(=O)CCCCCCCCC(CCCCCCCC)C(CCCCCCCC)CCCCCCCCC(=O)NCCNC(=O)CCCCCCCCC(CCCCCCCC)C(CCCCCCCC)CCCCCCCCC(=O)OCCCCCC(=O)OCCOC(C)=O. The third-order valence-corrected chi connectivity index (χ3v) is 22.7. The van der Waals surface area contributed by atoms with E-state index in [9.17, 15) is 38.4 Å². The van der Waals surface area contributed by atoms with E-state index in [2.05, 4.69) is 58.1 Å². The molecule has 4 atom stereocenters. The van der Waals surface area contributed by atoms with Gasteiger partial charge in [-0.1, -0.05) is 368 Å². The van der Waals surface area contributed by atoms with Gasteiger partial charge in [0.15, 0.2) is 0 Å². The maximum atomic E-state index is 12.8. The lowest BCUT2D eigenvalue weighted by Gasteiger charge is -2.28.